The van der Waals surface area contributed by atoms with Crippen LogP contribution in [0.1, 0.15) is 30.4 Å². The summed E-state index contributed by atoms with van der Waals surface area (Å²) in [5, 5.41) is 0. The molecule has 0 saturated carbocycles. The molecule has 4 nitrogen and oxygen atoms in total. The molecule has 24 heavy (non-hydrogen) atoms. The molecule has 2 rings (SSSR count). The van der Waals surface area contributed by atoms with Gasteiger partial charge >= 0.3 is 0 Å². The molecular formula is C20H27NO3. The third-order valence-corrected chi connectivity index (χ3v) is 4.04. The minimum atomic E-state index is 0.229. The smallest absolute Gasteiger partial charge is 0.160 e. The molecule has 0 bridgehead atoms. The van der Waals surface area contributed by atoms with Gasteiger partial charge in [0.15, 0.2) is 11.5 Å². The van der Waals surface area contributed by atoms with E-state index >= 15 is 0 Å². The lowest BCUT2D eigenvalue weighted by Crippen LogP contribution is -2.15. The van der Waals surface area contributed by atoms with Gasteiger partial charge in [0, 0.05) is 5.92 Å². The third-order valence-electron chi connectivity index (χ3n) is 4.04. The number of hydrogen-bond acceptors (Lipinski definition) is 4. The van der Waals surface area contributed by atoms with Crippen molar-refractivity contribution in [1.29, 1.82) is 0 Å². The van der Waals surface area contributed by atoms with Crippen LogP contribution in [0.25, 0.3) is 0 Å². The van der Waals surface area contributed by atoms with Gasteiger partial charge in [-0.1, -0.05) is 25.1 Å². The van der Waals surface area contributed by atoms with Gasteiger partial charge in [-0.2, -0.15) is 0 Å². The van der Waals surface area contributed by atoms with Crippen molar-refractivity contribution in [2.45, 2.75) is 25.7 Å². The molecule has 130 valence electrons. The summed E-state index contributed by atoms with van der Waals surface area (Å²) in [5.74, 6) is 2.61. The number of rotatable bonds is 9. The average molecular weight is 329 g/mol. The van der Waals surface area contributed by atoms with Gasteiger partial charge in [0.05, 0.1) is 20.8 Å². The summed E-state index contributed by atoms with van der Waals surface area (Å²) in [7, 11) is 3.29. The minimum absolute atomic E-state index is 0.229. The Kier molecular flexibility index (Phi) is 6.94. The van der Waals surface area contributed by atoms with Crippen molar-refractivity contribution in [2.24, 2.45) is 5.73 Å². The first-order valence-corrected chi connectivity index (χ1v) is 8.35. The summed E-state index contributed by atoms with van der Waals surface area (Å²) < 4.78 is 16.3. The summed E-state index contributed by atoms with van der Waals surface area (Å²) in [5.41, 5.74) is 8.41. The van der Waals surface area contributed by atoms with Crippen LogP contribution in [0, 0.1) is 0 Å². The zero-order valence-electron chi connectivity index (χ0n) is 14.7. The molecule has 0 aliphatic rings. The number of methoxy groups -OCH3 is 2. The maximum absolute atomic E-state index is 6.01. The van der Waals surface area contributed by atoms with Gasteiger partial charge in [-0.3, -0.25) is 0 Å². The molecule has 0 radical (unpaired) electrons. The second kappa shape index (κ2) is 9.18. The van der Waals surface area contributed by atoms with Crippen LogP contribution in [0.3, 0.4) is 0 Å². The Balaban J connectivity index is 2.11. The van der Waals surface area contributed by atoms with Crippen molar-refractivity contribution in [3.63, 3.8) is 0 Å². The van der Waals surface area contributed by atoms with E-state index in [0.29, 0.717) is 6.54 Å². The Labute approximate surface area is 144 Å². The number of nitrogens with two attached hydrogens (primary N) is 1. The Morgan fingerprint density at radius 2 is 1.67 bits per heavy atom. The van der Waals surface area contributed by atoms with Crippen LogP contribution in [0.15, 0.2) is 42.5 Å². The van der Waals surface area contributed by atoms with Crippen LogP contribution in [0.2, 0.25) is 0 Å². The SMILES string of the molecule is CCCOc1ccc(CC(CN)c2ccc(OC)c(OC)c2)cc1. The van der Waals surface area contributed by atoms with E-state index in [1.165, 1.54) is 5.56 Å². The van der Waals surface area contributed by atoms with Gasteiger partial charge in [0.1, 0.15) is 5.75 Å². The van der Waals surface area contributed by atoms with Crippen LogP contribution in [0.5, 0.6) is 17.2 Å². The molecule has 2 N–H and O–H groups in total. The number of benzene rings is 2. The highest BCUT2D eigenvalue weighted by atomic mass is 16.5. The Morgan fingerprint density at radius 1 is 0.958 bits per heavy atom. The third kappa shape index (κ3) is 4.65. The fraction of sp³-hybridized carbons (Fsp3) is 0.400. The first-order chi connectivity index (χ1) is 11.7. The Bertz CT molecular complexity index is 625. The lowest BCUT2D eigenvalue weighted by Gasteiger charge is -2.18. The number of hydrogen-bond donors (Lipinski definition) is 1. The predicted octanol–water partition coefficient (Wildman–Crippen LogP) is 3.78. The van der Waals surface area contributed by atoms with Gasteiger partial charge < -0.3 is 19.9 Å². The van der Waals surface area contributed by atoms with E-state index in [0.717, 1.165) is 42.3 Å². The second-order valence-corrected chi connectivity index (χ2v) is 5.74. The highest BCUT2D eigenvalue weighted by molar-refractivity contribution is 5.44. The van der Waals surface area contributed by atoms with E-state index in [-0.39, 0.29) is 5.92 Å². The highest BCUT2D eigenvalue weighted by Gasteiger charge is 2.14. The normalized spacial score (nSPS) is 11.8. The van der Waals surface area contributed by atoms with Gasteiger partial charge in [0.25, 0.3) is 0 Å². The molecule has 0 heterocycles. The first kappa shape index (κ1) is 18.1. The van der Waals surface area contributed by atoms with E-state index < -0.39 is 0 Å². The molecule has 1 atom stereocenters. The molecule has 0 spiro atoms. The Morgan fingerprint density at radius 3 is 2.25 bits per heavy atom. The topological polar surface area (TPSA) is 53.7 Å². The maximum atomic E-state index is 6.01. The molecule has 4 heteroatoms. The standard InChI is InChI=1S/C20H27NO3/c1-4-11-24-18-8-5-15(6-9-18)12-17(14-21)16-7-10-19(22-2)20(13-16)23-3/h5-10,13,17H,4,11-12,14,21H2,1-3H3. The maximum Gasteiger partial charge on any atom is 0.160 e. The summed E-state index contributed by atoms with van der Waals surface area (Å²) >= 11 is 0. The van der Waals surface area contributed by atoms with Crippen LogP contribution >= 0.6 is 0 Å². The van der Waals surface area contributed by atoms with Gasteiger partial charge in [-0.25, -0.2) is 0 Å². The molecule has 0 aliphatic carbocycles. The summed E-state index contributed by atoms with van der Waals surface area (Å²) in [4.78, 5) is 0. The first-order valence-electron chi connectivity index (χ1n) is 8.35. The van der Waals surface area contributed by atoms with Gasteiger partial charge in [-0.05, 0) is 54.8 Å². The number of ether oxygens (including phenoxy) is 3. The van der Waals surface area contributed by atoms with Crippen LogP contribution in [-0.2, 0) is 6.42 Å². The highest BCUT2D eigenvalue weighted by Crippen LogP contribution is 2.31. The molecule has 0 saturated heterocycles. The molecule has 0 aliphatic heterocycles. The zero-order chi connectivity index (χ0) is 17.4. The van der Waals surface area contributed by atoms with Gasteiger partial charge in [0.2, 0.25) is 0 Å². The van der Waals surface area contributed by atoms with Crippen molar-refractivity contribution >= 4 is 0 Å². The van der Waals surface area contributed by atoms with Crippen LogP contribution < -0.4 is 19.9 Å². The minimum Gasteiger partial charge on any atom is -0.494 e. The second-order valence-electron chi connectivity index (χ2n) is 5.74. The molecule has 2 aromatic rings. The van der Waals surface area contributed by atoms with Crippen molar-refractivity contribution in [3.05, 3.63) is 53.6 Å². The van der Waals surface area contributed by atoms with Crippen molar-refractivity contribution in [1.82, 2.24) is 0 Å². The van der Waals surface area contributed by atoms with E-state index in [1.807, 2.05) is 24.3 Å². The molecule has 1 unspecified atom stereocenters. The molecule has 2 aromatic carbocycles. The van der Waals surface area contributed by atoms with E-state index in [9.17, 15) is 0 Å². The largest absolute Gasteiger partial charge is 0.494 e. The van der Waals surface area contributed by atoms with Crippen LogP contribution in [-0.4, -0.2) is 27.4 Å². The van der Waals surface area contributed by atoms with E-state index in [1.54, 1.807) is 14.2 Å². The Hall–Kier alpha value is -2.20. The predicted molar refractivity (Wildman–Crippen MR) is 97.3 cm³/mol. The lowest BCUT2D eigenvalue weighted by atomic mass is 9.92. The van der Waals surface area contributed by atoms with Gasteiger partial charge in [-0.15, -0.1) is 0 Å². The average Bonchev–Trinajstić information content (AvgIpc) is 2.64. The van der Waals surface area contributed by atoms with E-state index in [2.05, 4.69) is 25.1 Å². The molecule has 0 aromatic heterocycles. The molecule has 0 fully saturated rings. The van der Waals surface area contributed by atoms with Crippen molar-refractivity contribution < 1.29 is 14.2 Å². The fourth-order valence-corrected chi connectivity index (χ4v) is 2.67. The zero-order valence-corrected chi connectivity index (χ0v) is 14.7. The summed E-state index contributed by atoms with van der Waals surface area (Å²) in [6.07, 6.45) is 1.89. The quantitative estimate of drug-likeness (QED) is 0.761. The van der Waals surface area contributed by atoms with Crippen molar-refractivity contribution in [2.75, 3.05) is 27.4 Å². The fourth-order valence-electron chi connectivity index (χ4n) is 2.67. The van der Waals surface area contributed by atoms with Crippen LogP contribution in [0.4, 0.5) is 0 Å². The van der Waals surface area contributed by atoms with E-state index in [4.69, 9.17) is 19.9 Å². The summed E-state index contributed by atoms with van der Waals surface area (Å²) in [6, 6.07) is 14.2. The van der Waals surface area contributed by atoms with Crippen molar-refractivity contribution in [3.8, 4) is 17.2 Å². The molecule has 0 amide bonds. The molecular weight excluding hydrogens is 302 g/mol. The lowest BCUT2D eigenvalue weighted by molar-refractivity contribution is 0.317. The monoisotopic (exact) mass is 329 g/mol. The summed E-state index contributed by atoms with van der Waals surface area (Å²) in [6.45, 7) is 3.42.